The Morgan fingerprint density at radius 3 is 1.71 bits per heavy atom. The molecular weight excluding hydrogens is 331 g/mol. The lowest BCUT2D eigenvalue weighted by molar-refractivity contribution is -0.174. The Hall–Kier alpha value is -0.350. The van der Waals surface area contributed by atoms with Gasteiger partial charge in [0, 0.05) is 19.2 Å². The van der Waals surface area contributed by atoms with Crippen LogP contribution in [0, 0.1) is 0 Å². The number of alkyl halides is 6. The molecule has 0 heterocycles. The van der Waals surface area contributed by atoms with E-state index in [2.05, 4.69) is 4.74 Å². The molecule has 2 N–H and O–H groups in total. The maximum absolute atomic E-state index is 12.4. The van der Waals surface area contributed by atoms with E-state index in [4.69, 9.17) is 9.79 Å². The van der Waals surface area contributed by atoms with E-state index in [0.717, 1.165) is 14.0 Å². The normalized spacial score (nSPS) is 15.8. The molecule has 0 rings (SSSR count). The predicted molar refractivity (Wildman–Crippen MR) is 60.4 cm³/mol. The summed E-state index contributed by atoms with van der Waals surface area (Å²) in [5.74, 6) is 0. The third kappa shape index (κ3) is 8.62. The average molecular weight is 347 g/mol. The SMILES string of the molecule is COCC(C)N(C(CC(F)(F)F)CC(F)(F)F)P(=O)(O)O. The van der Waals surface area contributed by atoms with Gasteiger partial charge < -0.3 is 14.5 Å². The number of nitrogens with zero attached hydrogens (tertiary/aromatic N) is 1. The van der Waals surface area contributed by atoms with Crippen LogP contribution < -0.4 is 0 Å². The molecule has 128 valence electrons. The second-order valence-electron chi connectivity index (χ2n) is 4.49. The Morgan fingerprint density at radius 1 is 1.10 bits per heavy atom. The van der Waals surface area contributed by atoms with Crippen LogP contribution in [0.25, 0.3) is 0 Å². The molecule has 0 aromatic rings. The van der Waals surface area contributed by atoms with E-state index in [-0.39, 0.29) is 4.67 Å². The zero-order chi connectivity index (χ0) is 17.1. The molecule has 21 heavy (non-hydrogen) atoms. The van der Waals surface area contributed by atoms with Crippen LogP contribution in [-0.4, -0.2) is 52.6 Å². The van der Waals surface area contributed by atoms with Crippen molar-refractivity contribution < 1.29 is 45.4 Å². The third-order valence-electron chi connectivity index (χ3n) is 2.47. The van der Waals surface area contributed by atoms with Gasteiger partial charge in [-0.05, 0) is 6.92 Å². The van der Waals surface area contributed by atoms with Gasteiger partial charge in [-0.1, -0.05) is 0 Å². The Bertz CT molecular complexity index is 352. The first-order chi connectivity index (χ1) is 9.17. The molecule has 0 aromatic carbocycles. The van der Waals surface area contributed by atoms with E-state index in [0.29, 0.717) is 0 Å². The molecular formula is C9H16F6NO4P. The summed E-state index contributed by atoms with van der Waals surface area (Å²) < 4.78 is 90.2. The van der Waals surface area contributed by atoms with Gasteiger partial charge in [0.15, 0.2) is 0 Å². The third-order valence-corrected chi connectivity index (χ3v) is 3.79. The van der Waals surface area contributed by atoms with Gasteiger partial charge in [0.1, 0.15) is 0 Å². The van der Waals surface area contributed by atoms with E-state index in [1.807, 2.05) is 0 Å². The molecule has 0 spiro atoms. The van der Waals surface area contributed by atoms with Gasteiger partial charge in [-0.2, -0.15) is 26.3 Å². The lowest BCUT2D eigenvalue weighted by Gasteiger charge is -2.36. The number of methoxy groups -OCH3 is 1. The number of ether oxygens (including phenoxy) is 1. The maximum Gasteiger partial charge on any atom is 0.403 e. The topological polar surface area (TPSA) is 70.0 Å². The summed E-state index contributed by atoms with van der Waals surface area (Å²) in [5.41, 5.74) is 0. The van der Waals surface area contributed by atoms with Crippen molar-refractivity contribution in [3.63, 3.8) is 0 Å². The van der Waals surface area contributed by atoms with Crippen molar-refractivity contribution in [3.8, 4) is 0 Å². The van der Waals surface area contributed by atoms with Crippen molar-refractivity contribution in [1.82, 2.24) is 4.67 Å². The summed E-state index contributed by atoms with van der Waals surface area (Å²) in [5, 5.41) is 0. The van der Waals surface area contributed by atoms with Crippen molar-refractivity contribution in [2.24, 2.45) is 0 Å². The second-order valence-corrected chi connectivity index (χ2v) is 5.98. The van der Waals surface area contributed by atoms with E-state index < -0.39 is 51.6 Å². The Kier molecular flexibility index (Phi) is 7.15. The molecule has 5 nitrogen and oxygen atoms in total. The molecule has 0 bridgehead atoms. The quantitative estimate of drug-likeness (QED) is 0.547. The molecule has 12 heteroatoms. The van der Waals surface area contributed by atoms with Crippen LogP contribution in [-0.2, 0) is 9.30 Å². The minimum Gasteiger partial charge on any atom is -0.383 e. The summed E-state index contributed by atoms with van der Waals surface area (Å²) in [6.45, 7) is 0.639. The number of halogens is 6. The first-order valence-corrected chi connectivity index (χ1v) is 7.20. The molecule has 0 aliphatic carbocycles. The molecule has 0 aromatic heterocycles. The van der Waals surface area contributed by atoms with Crippen LogP contribution in [0.3, 0.4) is 0 Å². The second kappa shape index (κ2) is 7.28. The minimum absolute atomic E-state index is 0.0858. The smallest absolute Gasteiger partial charge is 0.383 e. The molecule has 1 atom stereocenters. The first kappa shape index (κ1) is 20.6. The van der Waals surface area contributed by atoms with Crippen LogP contribution in [0.2, 0.25) is 0 Å². The lowest BCUT2D eigenvalue weighted by Crippen LogP contribution is -2.45. The highest BCUT2D eigenvalue weighted by atomic mass is 31.2. The molecule has 0 saturated heterocycles. The van der Waals surface area contributed by atoms with Crippen LogP contribution in [0.4, 0.5) is 26.3 Å². The summed E-state index contributed by atoms with van der Waals surface area (Å²) in [6, 6.07) is -3.76. The fourth-order valence-corrected chi connectivity index (χ4v) is 3.11. The van der Waals surface area contributed by atoms with Crippen molar-refractivity contribution in [1.29, 1.82) is 0 Å². The summed E-state index contributed by atoms with van der Waals surface area (Å²) in [4.78, 5) is 18.2. The van der Waals surface area contributed by atoms with Gasteiger partial charge >= 0.3 is 20.1 Å². The highest BCUT2D eigenvalue weighted by Crippen LogP contribution is 2.47. The van der Waals surface area contributed by atoms with Gasteiger partial charge in [-0.3, -0.25) is 0 Å². The van der Waals surface area contributed by atoms with E-state index >= 15 is 0 Å². The van der Waals surface area contributed by atoms with Crippen LogP contribution in [0.5, 0.6) is 0 Å². The van der Waals surface area contributed by atoms with Crippen LogP contribution in [0.1, 0.15) is 19.8 Å². The molecule has 0 aliphatic rings. The number of rotatable bonds is 7. The van der Waals surface area contributed by atoms with E-state index in [9.17, 15) is 30.9 Å². The zero-order valence-corrected chi connectivity index (χ0v) is 12.0. The lowest BCUT2D eigenvalue weighted by atomic mass is 10.1. The van der Waals surface area contributed by atoms with E-state index in [1.54, 1.807) is 0 Å². The standard InChI is InChI=1S/C9H16F6NO4P/c1-6(5-20-2)16(21(17,18)19)7(3-8(10,11)12)4-9(13,14)15/h6-7H,3-5H2,1-2H3,(H2,17,18,19). The molecule has 0 saturated carbocycles. The highest BCUT2D eigenvalue weighted by molar-refractivity contribution is 7.49. The molecule has 1 unspecified atom stereocenters. The number of hydrogen-bond acceptors (Lipinski definition) is 2. The predicted octanol–water partition coefficient (Wildman–Crippen LogP) is 2.69. The van der Waals surface area contributed by atoms with Gasteiger partial charge in [0.05, 0.1) is 19.4 Å². The minimum atomic E-state index is -5.34. The van der Waals surface area contributed by atoms with Crippen molar-refractivity contribution in [2.45, 2.75) is 44.2 Å². The van der Waals surface area contributed by atoms with Gasteiger partial charge in [-0.25, -0.2) is 9.24 Å². The Morgan fingerprint density at radius 2 is 1.48 bits per heavy atom. The Labute approximate surface area is 117 Å². The summed E-state index contributed by atoms with van der Waals surface area (Å²) in [6.07, 6.45) is -14.0. The van der Waals surface area contributed by atoms with Crippen molar-refractivity contribution in [3.05, 3.63) is 0 Å². The maximum atomic E-state index is 12.4. The molecule has 0 amide bonds. The molecule has 0 fully saturated rings. The monoisotopic (exact) mass is 347 g/mol. The largest absolute Gasteiger partial charge is 0.403 e. The highest BCUT2D eigenvalue weighted by Gasteiger charge is 2.47. The van der Waals surface area contributed by atoms with Gasteiger partial charge in [0.2, 0.25) is 0 Å². The van der Waals surface area contributed by atoms with Gasteiger partial charge in [0.25, 0.3) is 0 Å². The Balaban J connectivity index is 5.51. The summed E-state index contributed by atoms with van der Waals surface area (Å²) >= 11 is 0. The summed E-state index contributed by atoms with van der Waals surface area (Å²) in [7, 11) is -4.23. The van der Waals surface area contributed by atoms with Crippen molar-refractivity contribution >= 4 is 7.75 Å². The van der Waals surface area contributed by atoms with Crippen molar-refractivity contribution in [2.75, 3.05) is 13.7 Å². The van der Waals surface area contributed by atoms with Crippen LogP contribution >= 0.6 is 7.75 Å². The average Bonchev–Trinajstić information content (AvgIpc) is 2.08. The van der Waals surface area contributed by atoms with Crippen LogP contribution in [0.15, 0.2) is 0 Å². The molecule has 0 aliphatic heterocycles. The first-order valence-electron chi connectivity index (χ1n) is 5.64. The zero-order valence-electron chi connectivity index (χ0n) is 11.1. The van der Waals surface area contributed by atoms with Gasteiger partial charge in [-0.15, -0.1) is 0 Å². The fourth-order valence-electron chi connectivity index (χ4n) is 1.94. The van der Waals surface area contributed by atoms with E-state index in [1.165, 1.54) is 0 Å². The number of hydrogen-bond donors (Lipinski definition) is 2. The fraction of sp³-hybridized carbons (Fsp3) is 1.00. The molecule has 0 radical (unpaired) electrons.